The molecule has 11 heteroatoms. The Labute approximate surface area is 205 Å². The molecule has 0 atom stereocenters. The number of piperidine rings is 1. The fourth-order valence-electron chi connectivity index (χ4n) is 4.63. The molecule has 186 valence electrons. The summed E-state index contributed by atoms with van der Waals surface area (Å²) in [5.74, 6) is 1.47. The summed E-state index contributed by atoms with van der Waals surface area (Å²) in [5.41, 5.74) is 0.191. The second-order valence-electron chi connectivity index (χ2n) is 8.81. The Kier molecular flexibility index (Phi) is 6.43. The van der Waals surface area contributed by atoms with Gasteiger partial charge >= 0.3 is 6.18 Å². The zero-order valence-corrected chi connectivity index (χ0v) is 20.1. The second kappa shape index (κ2) is 9.52. The molecule has 1 amide bonds. The van der Waals surface area contributed by atoms with Crippen LogP contribution in [0.5, 0.6) is 5.75 Å². The van der Waals surface area contributed by atoms with E-state index in [9.17, 15) is 18.0 Å². The van der Waals surface area contributed by atoms with Gasteiger partial charge in [0.2, 0.25) is 5.91 Å². The summed E-state index contributed by atoms with van der Waals surface area (Å²) in [7, 11) is 1.65. The summed E-state index contributed by atoms with van der Waals surface area (Å²) in [6.45, 7) is 3.75. The number of carbonyl (C=O) groups is 1. The standard InChI is InChI=1S/C24H26F3N5O2S/c1-34-18-3-4-19-20(14-18)35-23(29-19)32-8-6-16(7-9-32)22(33)31-12-10-30(11-13-31)21-5-2-17(15-28-21)24(25,26)27/h2-5,14-16H,6-13H2,1H3. The third-order valence-electron chi connectivity index (χ3n) is 6.69. The molecular weight excluding hydrogens is 479 g/mol. The smallest absolute Gasteiger partial charge is 0.417 e. The summed E-state index contributed by atoms with van der Waals surface area (Å²) in [6, 6.07) is 8.31. The van der Waals surface area contributed by atoms with E-state index in [0.29, 0.717) is 32.0 Å². The summed E-state index contributed by atoms with van der Waals surface area (Å²) >= 11 is 1.64. The van der Waals surface area contributed by atoms with Gasteiger partial charge in [-0.2, -0.15) is 13.2 Å². The molecule has 0 aliphatic carbocycles. The maximum absolute atomic E-state index is 13.1. The largest absolute Gasteiger partial charge is 0.497 e. The Morgan fingerprint density at radius 2 is 1.77 bits per heavy atom. The molecule has 2 fully saturated rings. The molecule has 0 N–H and O–H groups in total. The number of rotatable bonds is 4. The molecule has 4 heterocycles. The predicted octanol–water partition coefficient (Wildman–Crippen LogP) is 4.28. The van der Waals surface area contributed by atoms with Crippen LogP contribution in [-0.2, 0) is 11.0 Å². The van der Waals surface area contributed by atoms with Crippen LogP contribution >= 0.6 is 11.3 Å². The lowest BCUT2D eigenvalue weighted by atomic mass is 9.95. The van der Waals surface area contributed by atoms with Crippen LogP contribution in [0.4, 0.5) is 24.1 Å². The lowest BCUT2D eigenvalue weighted by molar-refractivity contribution is -0.138. The van der Waals surface area contributed by atoms with Crippen molar-refractivity contribution in [3.8, 4) is 5.75 Å². The van der Waals surface area contributed by atoms with Gasteiger partial charge in [-0.05, 0) is 43.2 Å². The molecule has 2 aliphatic rings. The maximum atomic E-state index is 13.1. The van der Waals surface area contributed by atoms with Gasteiger partial charge in [-0.1, -0.05) is 11.3 Å². The van der Waals surface area contributed by atoms with Crippen LogP contribution in [0.3, 0.4) is 0 Å². The van der Waals surface area contributed by atoms with E-state index in [1.165, 1.54) is 6.07 Å². The number of halogens is 3. The third kappa shape index (κ3) is 5.00. The predicted molar refractivity (Wildman–Crippen MR) is 129 cm³/mol. The summed E-state index contributed by atoms with van der Waals surface area (Å²) in [6.07, 6.45) is -1.98. The molecule has 0 bridgehead atoms. The molecule has 0 radical (unpaired) electrons. The fourth-order valence-corrected chi connectivity index (χ4v) is 5.67. The lowest BCUT2D eigenvalue weighted by Gasteiger charge is -2.39. The summed E-state index contributed by atoms with van der Waals surface area (Å²) in [5, 5.41) is 0.969. The molecule has 0 saturated carbocycles. The van der Waals surface area contributed by atoms with Crippen molar-refractivity contribution in [3.63, 3.8) is 0 Å². The van der Waals surface area contributed by atoms with Gasteiger partial charge in [-0.3, -0.25) is 4.79 Å². The van der Waals surface area contributed by atoms with E-state index in [0.717, 1.165) is 59.3 Å². The van der Waals surface area contributed by atoms with Gasteiger partial charge in [0.15, 0.2) is 5.13 Å². The highest BCUT2D eigenvalue weighted by Gasteiger charge is 2.33. The number of piperazine rings is 1. The molecule has 0 spiro atoms. The van der Waals surface area contributed by atoms with Gasteiger partial charge < -0.3 is 19.4 Å². The van der Waals surface area contributed by atoms with E-state index in [1.807, 2.05) is 28.0 Å². The number of hydrogen-bond acceptors (Lipinski definition) is 7. The number of benzene rings is 1. The first-order valence-corrected chi connectivity index (χ1v) is 12.4. The second-order valence-corrected chi connectivity index (χ2v) is 9.82. The van der Waals surface area contributed by atoms with E-state index in [1.54, 1.807) is 18.4 Å². The Bertz CT molecular complexity index is 1180. The number of anilines is 2. The molecule has 3 aromatic rings. The van der Waals surface area contributed by atoms with Crippen molar-refractivity contribution in [1.29, 1.82) is 0 Å². The number of pyridine rings is 1. The number of aromatic nitrogens is 2. The van der Waals surface area contributed by atoms with Crippen molar-refractivity contribution < 1.29 is 22.7 Å². The molecule has 5 rings (SSSR count). The van der Waals surface area contributed by atoms with E-state index in [-0.39, 0.29) is 11.8 Å². The van der Waals surface area contributed by atoms with Crippen molar-refractivity contribution in [3.05, 3.63) is 42.1 Å². The molecule has 2 aliphatic heterocycles. The number of methoxy groups -OCH3 is 1. The van der Waals surface area contributed by atoms with Gasteiger partial charge in [0.1, 0.15) is 11.6 Å². The lowest BCUT2D eigenvalue weighted by Crippen LogP contribution is -2.52. The number of carbonyl (C=O) groups excluding carboxylic acids is 1. The van der Waals surface area contributed by atoms with Gasteiger partial charge in [-0.15, -0.1) is 0 Å². The van der Waals surface area contributed by atoms with Gasteiger partial charge in [0.25, 0.3) is 0 Å². The van der Waals surface area contributed by atoms with Crippen molar-refractivity contribution in [2.45, 2.75) is 19.0 Å². The van der Waals surface area contributed by atoms with Crippen molar-refractivity contribution >= 4 is 38.4 Å². The molecule has 2 aromatic heterocycles. The number of fused-ring (bicyclic) bond motifs is 1. The van der Waals surface area contributed by atoms with Crippen molar-refractivity contribution in [2.24, 2.45) is 5.92 Å². The van der Waals surface area contributed by atoms with Crippen LogP contribution in [-0.4, -0.2) is 67.2 Å². The quantitative estimate of drug-likeness (QED) is 0.528. The van der Waals surface area contributed by atoms with Gasteiger partial charge in [-0.25, -0.2) is 9.97 Å². The minimum atomic E-state index is -4.40. The van der Waals surface area contributed by atoms with E-state index >= 15 is 0 Å². The minimum Gasteiger partial charge on any atom is -0.497 e. The van der Waals surface area contributed by atoms with Crippen LogP contribution in [0.25, 0.3) is 10.2 Å². The van der Waals surface area contributed by atoms with Crippen LogP contribution in [0.1, 0.15) is 18.4 Å². The Hall–Kier alpha value is -3.08. The summed E-state index contributed by atoms with van der Waals surface area (Å²) < 4.78 is 44.7. The van der Waals surface area contributed by atoms with E-state index < -0.39 is 11.7 Å². The number of alkyl halides is 3. The Morgan fingerprint density at radius 3 is 2.40 bits per heavy atom. The van der Waals surface area contributed by atoms with E-state index in [4.69, 9.17) is 9.72 Å². The number of nitrogens with zero attached hydrogens (tertiary/aromatic N) is 5. The number of hydrogen-bond donors (Lipinski definition) is 0. The van der Waals surface area contributed by atoms with Crippen LogP contribution in [0.15, 0.2) is 36.5 Å². The first kappa shape index (κ1) is 23.7. The number of thiazole rings is 1. The van der Waals surface area contributed by atoms with Crippen molar-refractivity contribution in [2.75, 3.05) is 56.2 Å². The molecule has 1 aromatic carbocycles. The molecular formula is C24H26F3N5O2S. The average Bonchev–Trinajstić information content (AvgIpc) is 3.31. The van der Waals surface area contributed by atoms with Crippen LogP contribution in [0, 0.1) is 5.92 Å². The van der Waals surface area contributed by atoms with Crippen molar-refractivity contribution in [1.82, 2.24) is 14.9 Å². The normalized spacial score (nSPS) is 17.8. The third-order valence-corrected chi connectivity index (χ3v) is 7.77. The first-order valence-electron chi connectivity index (χ1n) is 11.6. The highest BCUT2D eigenvalue weighted by Crippen LogP contribution is 2.34. The molecule has 7 nitrogen and oxygen atoms in total. The van der Waals surface area contributed by atoms with Gasteiger partial charge in [0, 0.05) is 51.4 Å². The topological polar surface area (TPSA) is 61.8 Å². The highest BCUT2D eigenvalue weighted by molar-refractivity contribution is 7.22. The Morgan fingerprint density at radius 1 is 1.03 bits per heavy atom. The van der Waals surface area contributed by atoms with Gasteiger partial charge in [0.05, 0.1) is 22.9 Å². The minimum absolute atomic E-state index is 0.0172. The molecule has 2 saturated heterocycles. The van der Waals surface area contributed by atoms with E-state index in [2.05, 4.69) is 9.88 Å². The zero-order valence-electron chi connectivity index (χ0n) is 19.3. The fraction of sp³-hybridized carbons (Fsp3) is 0.458. The zero-order chi connectivity index (χ0) is 24.6. The van der Waals surface area contributed by atoms with Crippen LogP contribution < -0.4 is 14.5 Å². The number of ether oxygens (including phenoxy) is 1. The SMILES string of the molecule is COc1ccc2nc(N3CCC(C(=O)N4CCN(c5ccc(C(F)(F)F)cn5)CC4)CC3)sc2c1. The average molecular weight is 506 g/mol. The first-order chi connectivity index (χ1) is 16.8. The molecule has 35 heavy (non-hydrogen) atoms. The van der Waals surface area contributed by atoms with Crippen LogP contribution in [0.2, 0.25) is 0 Å². The maximum Gasteiger partial charge on any atom is 0.417 e. The molecule has 0 unspecified atom stereocenters. The monoisotopic (exact) mass is 505 g/mol. The Balaban J connectivity index is 1.13. The highest BCUT2D eigenvalue weighted by atomic mass is 32.1. The number of amides is 1. The summed E-state index contributed by atoms with van der Waals surface area (Å²) in [4.78, 5) is 27.9.